The minimum absolute atomic E-state index is 0.0248. The molecule has 0 aliphatic rings. The SMILES string of the molecule is C=CCn1c(SCC(=O)c2ccc(OC)cc2)nnc1[C@H](C)NC(=O)Cc1ccc(OC)cc1. The summed E-state index contributed by atoms with van der Waals surface area (Å²) in [4.78, 5) is 25.1. The maximum absolute atomic E-state index is 12.6. The van der Waals surface area contributed by atoms with Gasteiger partial charge in [-0.05, 0) is 48.9 Å². The second-order valence-electron chi connectivity index (χ2n) is 7.49. The molecule has 2 aromatic carbocycles. The van der Waals surface area contributed by atoms with E-state index in [1.165, 1.54) is 11.8 Å². The molecule has 0 saturated heterocycles. The number of Topliss-reactive ketones (excluding diaryl/α,β-unsaturated/α-hetero) is 1. The highest BCUT2D eigenvalue weighted by atomic mass is 32.2. The van der Waals surface area contributed by atoms with E-state index < -0.39 is 0 Å². The van der Waals surface area contributed by atoms with Gasteiger partial charge in [-0.25, -0.2) is 0 Å². The fraction of sp³-hybridized carbons (Fsp3) is 0.280. The van der Waals surface area contributed by atoms with Crippen LogP contribution in [0.3, 0.4) is 0 Å². The topological polar surface area (TPSA) is 95.3 Å². The van der Waals surface area contributed by atoms with E-state index in [-0.39, 0.29) is 29.9 Å². The van der Waals surface area contributed by atoms with Crippen molar-refractivity contribution in [2.75, 3.05) is 20.0 Å². The summed E-state index contributed by atoms with van der Waals surface area (Å²) in [7, 11) is 3.18. The van der Waals surface area contributed by atoms with Crippen molar-refractivity contribution in [1.29, 1.82) is 0 Å². The average Bonchev–Trinajstić information content (AvgIpc) is 3.25. The summed E-state index contributed by atoms with van der Waals surface area (Å²) >= 11 is 1.30. The molecule has 0 fully saturated rings. The Labute approximate surface area is 203 Å². The third-order valence-corrected chi connectivity index (χ3v) is 6.06. The zero-order valence-electron chi connectivity index (χ0n) is 19.5. The van der Waals surface area contributed by atoms with E-state index in [0.29, 0.717) is 28.8 Å². The molecule has 0 aliphatic carbocycles. The fourth-order valence-corrected chi connectivity index (χ4v) is 4.15. The summed E-state index contributed by atoms with van der Waals surface area (Å²) in [6.45, 7) is 6.12. The highest BCUT2D eigenvalue weighted by Crippen LogP contribution is 2.22. The number of rotatable bonds is 12. The molecule has 9 heteroatoms. The quantitative estimate of drug-likeness (QED) is 0.239. The summed E-state index contributed by atoms with van der Waals surface area (Å²) in [5, 5.41) is 12.1. The molecule has 0 unspecified atom stereocenters. The zero-order valence-corrected chi connectivity index (χ0v) is 20.3. The molecule has 1 heterocycles. The Balaban J connectivity index is 1.63. The number of methoxy groups -OCH3 is 2. The molecular weight excluding hydrogens is 452 g/mol. The van der Waals surface area contributed by atoms with Gasteiger partial charge in [0.1, 0.15) is 11.5 Å². The van der Waals surface area contributed by atoms with Crippen LogP contribution in [-0.4, -0.2) is 46.4 Å². The lowest BCUT2D eigenvalue weighted by molar-refractivity contribution is -0.121. The van der Waals surface area contributed by atoms with Crippen molar-refractivity contribution >= 4 is 23.5 Å². The van der Waals surface area contributed by atoms with Gasteiger partial charge in [0.15, 0.2) is 16.8 Å². The molecule has 1 N–H and O–H groups in total. The molecule has 0 radical (unpaired) electrons. The molecule has 8 nitrogen and oxygen atoms in total. The molecule has 0 bridgehead atoms. The minimum atomic E-state index is -0.371. The van der Waals surface area contributed by atoms with Crippen molar-refractivity contribution in [2.24, 2.45) is 0 Å². The van der Waals surface area contributed by atoms with Gasteiger partial charge in [0.2, 0.25) is 5.91 Å². The highest BCUT2D eigenvalue weighted by Gasteiger charge is 2.20. The van der Waals surface area contributed by atoms with Gasteiger partial charge in [0.25, 0.3) is 0 Å². The molecule has 1 aromatic heterocycles. The van der Waals surface area contributed by atoms with Crippen molar-refractivity contribution in [3.8, 4) is 11.5 Å². The summed E-state index contributed by atoms with van der Waals surface area (Å²) in [5.41, 5.74) is 1.48. The van der Waals surface area contributed by atoms with Crippen LogP contribution in [-0.2, 0) is 17.8 Å². The number of hydrogen-bond donors (Lipinski definition) is 1. The minimum Gasteiger partial charge on any atom is -0.497 e. The van der Waals surface area contributed by atoms with Crippen LogP contribution in [0.2, 0.25) is 0 Å². The largest absolute Gasteiger partial charge is 0.497 e. The van der Waals surface area contributed by atoms with Gasteiger partial charge in [-0.15, -0.1) is 16.8 Å². The molecule has 178 valence electrons. The predicted molar refractivity (Wildman–Crippen MR) is 132 cm³/mol. The zero-order chi connectivity index (χ0) is 24.5. The third kappa shape index (κ3) is 6.48. The van der Waals surface area contributed by atoms with E-state index in [1.54, 1.807) is 44.6 Å². The molecule has 3 aromatic rings. The monoisotopic (exact) mass is 480 g/mol. The predicted octanol–water partition coefficient (Wildman–Crippen LogP) is 3.88. The Morgan fingerprint density at radius 3 is 2.26 bits per heavy atom. The number of thioether (sulfide) groups is 1. The van der Waals surface area contributed by atoms with Gasteiger partial charge in [0, 0.05) is 12.1 Å². The van der Waals surface area contributed by atoms with Crippen molar-refractivity contribution < 1.29 is 19.1 Å². The molecule has 0 saturated carbocycles. The van der Waals surface area contributed by atoms with Crippen LogP contribution in [0.15, 0.2) is 66.3 Å². The number of benzene rings is 2. The van der Waals surface area contributed by atoms with Crippen LogP contribution in [0.1, 0.15) is 34.7 Å². The van der Waals surface area contributed by atoms with E-state index >= 15 is 0 Å². The van der Waals surface area contributed by atoms with Gasteiger partial charge in [-0.3, -0.25) is 9.59 Å². The normalized spacial score (nSPS) is 11.5. The van der Waals surface area contributed by atoms with Gasteiger partial charge in [0.05, 0.1) is 32.4 Å². The molecule has 1 amide bonds. The number of amides is 1. The molecular formula is C25H28N4O4S. The van der Waals surface area contributed by atoms with E-state index in [1.807, 2.05) is 35.8 Å². The first kappa shape index (κ1) is 25.0. The lowest BCUT2D eigenvalue weighted by Crippen LogP contribution is -2.30. The molecule has 3 rings (SSSR count). The standard InChI is InChI=1S/C25H28N4O4S/c1-5-14-29-24(17(2)26-23(31)15-18-6-10-20(32-3)11-7-18)27-28-25(29)34-16-22(30)19-8-12-21(33-4)13-9-19/h5-13,17H,1,14-16H2,2-4H3,(H,26,31)/t17-/m0/s1. The lowest BCUT2D eigenvalue weighted by Gasteiger charge is -2.15. The van der Waals surface area contributed by atoms with E-state index in [2.05, 4.69) is 22.1 Å². The number of hydrogen-bond acceptors (Lipinski definition) is 7. The van der Waals surface area contributed by atoms with Crippen molar-refractivity contribution in [1.82, 2.24) is 20.1 Å². The number of nitrogens with one attached hydrogen (secondary N) is 1. The number of nitrogens with zero attached hydrogens (tertiary/aromatic N) is 3. The second-order valence-corrected chi connectivity index (χ2v) is 8.44. The Kier molecular flexibility index (Phi) is 8.86. The average molecular weight is 481 g/mol. The summed E-state index contributed by atoms with van der Waals surface area (Å²) in [6, 6.07) is 14.0. The van der Waals surface area contributed by atoms with Crippen LogP contribution in [0.25, 0.3) is 0 Å². The van der Waals surface area contributed by atoms with Crippen LogP contribution in [0, 0.1) is 0 Å². The molecule has 1 atom stereocenters. The molecule has 0 spiro atoms. The first-order valence-electron chi connectivity index (χ1n) is 10.7. The molecule has 0 aliphatic heterocycles. The Bertz CT molecular complexity index is 1130. The van der Waals surface area contributed by atoms with Crippen molar-refractivity contribution in [3.63, 3.8) is 0 Å². The van der Waals surface area contributed by atoms with Crippen LogP contribution in [0.5, 0.6) is 11.5 Å². The van der Waals surface area contributed by atoms with Gasteiger partial charge >= 0.3 is 0 Å². The molecule has 34 heavy (non-hydrogen) atoms. The van der Waals surface area contributed by atoms with Crippen molar-refractivity contribution in [2.45, 2.75) is 31.1 Å². The number of allylic oxidation sites excluding steroid dienone is 1. The maximum Gasteiger partial charge on any atom is 0.224 e. The maximum atomic E-state index is 12.6. The van der Waals surface area contributed by atoms with Crippen LogP contribution >= 0.6 is 11.8 Å². The number of carbonyl (C=O) groups is 2. The summed E-state index contributed by atoms with van der Waals surface area (Å²) in [6.07, 6.45) is 1.97. The van der Waals surface area contributed by atoms with E-state index in [0.717, 1.165) is 11.3 Å². The Hall–Kier alpha value is -3.59. The first-order valence-corrected chi connectivity index (χ1v) is 11.7. The number of carbonyl (C=O) groups excluding carboxylic acids is 2. The van der Waals surface area contributed by atoms with E-state index in [4.69, 9.17) is 9.47 Å². The van der Waals surface area contributed by atoms with Crippen molar-refractivity contribution in [3.05, 3.63) is 78.1 Å². The Morgan fingerprint density at radius 2 is 1.68 bits per heavy atom. The van der Waals surface area contributed by atoms with Gasteiger partial charge < -0.3 is 19.4 Å². The van der Waals surface area contributed by atoms with Gasteiger partial charge in [-0.1, -0.05) is 30.0 Å². The first-order chi connectivity index (χ1) is 16.4. The van der Waals surface area contributed by atoms with Crippen LogP contribution in [0.4, 0.5) is 0 Å². The van der Waals surface area contributed by atoms with Crippen LogP contribution < -0.4 is 14.8 Å². The van der Waals surface area contributed by atoms with E-state index in [9.17, 15) is 9.59 Å². The number of aromatic nitrogens is 3. The smallest absolute Gasteiger partial charge is 0.224 e. The lowest BCUT2D eigenvalue weighted by atomic mass is 10.1. The number of ether oxygens (including phenoxy) is 2. The second kappa shape index (κ2) is 12.0. The third-order valence-electron chi connectivity index (χ3n) is 5.09. The Morgan fingerprint density at radius 1 is 1.06 bits per heavy atom. The summed E-state index contributed by atoms with van der Waals surface area (Å²) in [5.74, 6) is 2.09. The fourth-order valence-electron chi connectivity index (χ4n) is 3.30. The van der Waals surface area contributed by atoms with Gasteiger partial charge in [-0.2, -0.15) is 0 Å². The summed E-state index contributed by atoms with van der Waals surface area (Å²) < 4.78 is 12.1. The highest BCUT2D eigenvalue weighted by molar-refractivity contribution is 7.99. The number of ketones is 1.